The lowest BCUT2D eigenvalue weighted by Gasteiger charge is -2.13. The molecule has 0 unspecified atom stereocenters. The molecule has 2 aromatic carbocycles. The Morgan fingerprint density at radius 2 is 1.64 bits per heavy atom. The van der Waals surface area contributed by atoms with Crippen molar-refractivity contribution >= 4 is 17.6 Å². The maximum Gasteiger partial charge on any atom is 0.375 e. The first-order valence-corrected chi connectivity index (χ1v) is 8.16. The molecule has 0 spiro atoms. The maximum atomic E-state index is 13.6. The van der Waals surface area contributed by atoms with Crippen molar-refractivity contribution < 1.29 is 31.9 Å². The molecular formula is C20H14F3NO4. The van der Waals surface area contributed by atoms with E-state index in [0.29, 0.717) is 11.3 Å². The van der Waals surface area contributed by atoms with Crippen LogP contribution in [0.1, 0.15) is 17.5 Å². The molecule has 8 heteroatoms. The van der Waals surface area contributed by atoms with Crippen LogP contribution in [0.2, 0.25) is 0 Å². The molecule has 0 aliphatic rings. The van der Waals surface area contributed by atoms with Gasteiger partial charge in [-0.15, -0.1) is 0 Å². The number of hydrogen-bond acceptors (Lipinski definition) is 4. The van der Waals surface area contributed by atoms with Crippen LogP contribution in [0.5, 0.6) is 0 Å². The second kappa shape index (κ2) is 7.99. The fraction of sp³-hybridized carbons (Fsp3) is 0.100. The van der Waals surface area contributed by atoms with Crippen molar-refractivity contribution in [1.29, 1.82) is 0 Å². The number of anilines is 1. The van der Waals surface area contributed by atoms with Crippen LogP contribution in [-0.2, 0) is 9.53 Å². The van der Waals surface area contributed by atoms with Crippen LogP contribution in [0.15, 0.2) is 59.0 Å². The number of carbonyl (C=O) groups excluding carboxylic acids is 2. The number of hydrogen-bond donors (Lipinski definition) is 1. The average Bonchev–Trinajstić information content (AvgIpc) is 3.15. The first-order chi connectivity index (χ1) is 13.3. The van der Waals surface area contributed by atoms with Crippen LogP contribution in [0.4, 0.5) is 18.9 Å². The number of rotatable bonds is 5. The topological polar surface area (TPSA) is 68.5 Å². The van der Waals surface area contributed by atoms with E-state index in [1.165, 1.54) is 43.3 Å². The predicted octanol–water partition coefficient (Wildman–Crippen LogP) is 4.55. The van der Waals surface area contributed by atoms with Gasteiger partial charge in [-0.2, -0.15) is 0 Å². The Bertz CT molecular complexity index is 1010. The van der Waals surface area contributed by atoms with Crippen molar-refractivity contribution in [2.24, 2.45) is 0 Å². The van der Waals surface area contributed by atoms with E-state index in [1.807, 2.05) is 0 Å². The third-order valence-electron chi connectivity index (χ3n) is 3.78. The lowest BCUT2D eigenvalue weighted by atomic mass is 10.2. The van der Waals surface area contributed by atoms with E-state index in [1.54, 1.807) is 0 Å². The van der Waals surface area contributed by atoms with Crippen LogP contribution < -0.4 is 5.32 Å². The van der Waals surface area contributed by atoms with E-state index in [4.69, 9.17) is 9.15 Å². The summed E-state index contributed by atoms with van der Waals surface area (Å²) in [6.07, 6.45) is -1.30. The van der Waals surface area contributed by atoms with Gasteiger partial charge in [-0.1, -0.05) is 0 Å². The smallest absolute Gasteiger partial charge is 0.375 e. The third kappa shape index (κ3) is 4.40. The van der Waals surface area contributed by atoms with Crippen molar-refractivity contribution in [3.8, 4) is 11.3 Å². The molecule has 1 N–H and O–H groups in total. The molecule has 1 aromatic heterocycles. The Balaban J connectivity index is 1.64. The van der Waals surface area contributed by atoms with E-state index in [2.05, 4.69) is 5.32 Å². The molecule has 0 aliphatic carbocycles. The number of esters is 1. The largest absolute Gasteiger partial charge is 0.449 e. The molecule has 28 heavy (non-hydrogen) atoms. The second-order valence-corrected chi connectivity index (χ2v) is 5.83. The Morgan fingerprint density at radius 1 is 0.964 bits per heavy atom. The number of nitrogens with one attached hydrogen (secondary N) is 1. The number of amides is 1. The minimum atomic E-state index is -1.30. The van der Waals surface area contributed by atoms with Crippen LogP contribution >= 0.6 is 0 Å². The molecule has 0 bridgehead atoms. The van der Waals surface area contributed by atoms with Gasteiger partial charge in [0.2, 0.25) is 5.76 Å². The van der Waals surface area contributed by atoms with Gasteiger partial charge >= 0.3 is 5.97 Å². The second-order valence-electron chi connectivity index (χ2n) is 5.83. The van der Waals surface area contributed by atoms with Crippen LogP contribution in [0.25, 0.3) is 11.3 Å². The Morgan fingerprint density at radius 3 is 2.36 bits per heavy atom. The minimum Gasteiger partial charge on any atom is -0.449 e. The monoisotopic (exact) mass is 389 g/mol. The van der Waals surface area contributed by atoms with Crippen molar-refractivity contribution in [3.05, 3.63) is 77.8 Å². The third-order valence-corrected chi connectivity index (χ3v) is 3.78. The standard InChI is InChI=1S/C20H14F3NO4/c1-11(19(25)24-16-10-14(22)6-7-15(16)23)27-20(26)18-9-8-17(28-18)12-2-4-13(21)5-3-12/h2-11H,1H3,(H,24,25)/t11-/m0/s1. The summed E-state index contributed by atoms with van der Waals surface area (Å²) in [5.41, 5.74) is 0.178. The summed E-state index contributed by atoms with van der Waals surface area (Å²) in [6, 6.07) is 10.9. The van der Waals surface area contributed by atoms with Gasteiger partial charge in [0.1, 0.15) is 23.2 Å². The molecule has 1 atom stereocenters. The van der Waals surface area contributed by atoms with Crippen molar-refractivity contribution in [2.75, 3.05) is 5.32 Å². The Labute approximate surface area is 157 Å². The molecule has 144 valence electrons. The molecule has 0 fully saturated rings. The van der Waals surface area contributed by atoms with E-state index in [0.717, 1.165) is 18.2 Å². The van der Waals surface area contributed by atoms with Gasteiger partial charge in [0.15, 0.2) is 6.10 Å². The summed E-state index contributed by atoms with van der Waals surface area (Å²) in [6.45, 7) is 1.27. The average molecular weight is 389 g/mol. The van der Waals surface area contributed by atoms with E-state index >= 15 is 0 Å². The summed E-state index contributed by atoms with van der Waals surface area (Å²) < 4.78 is 50.1. The minimum absolute atomic E-state index is 0.170. The number of halogens is 3. The van der Waals surface area contributed by atoms with Gasteiger partial charge in [0.25, 0.3) is 5.91 Å². The normalized spacial score (nSPS) is 11.7. The zero-order valence-electron chi connectivity index (χ0n) is 14.5. The highest BCUT2D eigenvalue weighted by atomic mass is 19.1. The van der Waals surface area contributed by atoms with Gasteiger partial charge in [0.05, 0.1) is 5.69 Å². The fourth-order valence-electron chi connectivity index (χ4n) is 2.32. The molecule has 0 aliphatic heterocycles. The highest BCUT2D eigenvalue weighted by Crippen LogP contribution is 2.23. The molecule has 0 saturated heterocycles. The number of furan rings is 1. The van der Waals surface area contributed by atoms with Gasteiger partial charge in [-0.05, 0) is 55.5 Å². The number of benzene rings is 2. The lowest BCUT2D eigenvalue weighted by Crippen LogP contribution is -2.30. The highest BCUT2D eigenvalue weighted by molar-refractivity contribution is 5.96. The van der Waals surface area contributed by atoms with Gasteiger partial charge in [0, 0.05) is 11.6 Å². The molecular weight excluding hydrogens is 375 g/mol. The molecule has 1 amide bonds. The zero-order chi connectivity index (χ0) is 20.3. The van der Waals surface area contributed by atoms with Crippen LogP contribution in [0.3, 0.4) is 0 Å². The molecule has 1 heterocycles. The van der Waals surface area contributed by atoms with Gasteiger partial charge < -0.3 is 14.5 Å². The molecule has 3 aromatic rings. The highest BCUT2D eigenvalue weighted by Gasteiger charge is 2.22. The number of carbonyl (C=O) groups is 2. The summed E-state index contributed by atoms with van der Waals surface area (Å²) in [4.78, 5) is 24.2. The Kier molecular flexibility index (Phi) is 5.49. The summed E-state index contributed by atoms with van der Waals surface area (Å²) in [7, 11) is 0. The molecule has 0 radical (unpaired) electrons. The van der Waals surface area contributed by atoms with Gasteiger partial charge in [-0.25, -0.2) is 18.0 Å². The number of ether oxygens (including phenoxy) is 1. The maximum absolute atomic E-state index is 13.6. The van der Waals surface area contributed by atoms with Crippen molar-refractivity contribution in [3.63, 3.8) is 0 Å². The zero-order valence-corrected chi connectivity index (χ0v) is 14.5. The summed E-state index contributed by atoms with van der Waals surface area (Å²) >= 11 is 0. The first kappa shape index (κ1) is 19.2. The fourth-order valence-corrected chi connectivity index (χ4v) is 2.32. The van der Waals surface area contributed by atoms with E-state index in [-0.39, 0.29) is 11.4 Å². The van der Waals surface area contributed by atoms with Gasteiger partial charge in [-0.3, -0.25) is 4.79 Å². The van der Waals surface area contributed by atoms with E-state index in [9.17, 15) is 22.8 Å². The molecule has 5 nitrogen and oxygen atoms in total. The Hall–Kier alpha value is -3.55. The summed E-state index contributed by atoms with van der Waals surface area (Å²) in [5.74, 6) is -3.60. The van der Waals surface area contributed by atoms with Crippen molar-refractivity contribution in [1.82, 2.24) is 0 Å². The predicted molar refractivity (Wildman–Crippen MR) is 94.0 cm³/mol. The lowest BCUT2D eigenvalue weighted by molar-refractivity contribution is -0.123. The van der Waals surface area contributed by atoms with Crippen LogP contribution in [0, 0.1) is 17.5 Å². The quantitative estimate of drug-likeness (QED) is 0.650. The van der Waals surface area contributed by atoms with E-state index < -0.39 is 35.4 Å². The molecule has 0 saturated carbocycles. The van der Waals surface area contributed by atoms with Crippen molar-refractivity contribution in [2.45, 2.75) is 13.0 Å². The SMILES string of the molecule is C[C@H](OC(=O)c1ccc(-c2ccc(F)cc2)o1)C(=O)Nc1cc(F)ccc1F. The molecule has 3 rings (SSSR count). The first-order valence-electron chi connectivity index (χ1n) is 8.16. The summed E-state index contributed by atoms with van der Waals surface area (Å²) in [5, 5.41) is 2.15. The van der Waals surface area contributed by atoms with Crippen LogP contribution in [-0.4, -0.2) is 18.0 Å².